The van der Waals surface area contributed by atoms with Gasteiger partial charge in [-0.15, -0.1) is 0 Å². The third-order valence-electron chi connectivity index (χ3n) is 1.92. The largest absolute Gasteiger partial charge is 0.407 e. The quantitative estimate of drug-likeness (QED) is 0.627. The minimum absolute atomic E-state index is 0.341. The second kappa shape index (κ2) is 4.76. The Balaban J connectivity index is 3.02. The number of hydrogen-bond donors (Lipinski definition) is 1. The maximum absolute atomic E-state index is 12.5. The molecular formula is C10H6F6N2. The van der Waals surface area contributed by atoms with Gasteiger partial charge in [-0.05, 0) is 12.1 Å². The average molecular weight is 268 g/mol. The predicted molar refractivity (Wildman–Crippen MR) is 52.3 cm³/mol. The van der Waals surface area contributed by atoms with Crippen LogP contribution in [-0.2, 0) is 6.18 Å². The van der Waals surface area contributed by atoms with Crippen LogP contribution in [0.2, 0.25) is 0 Å². The first-order valence-electron chi connectivity index (χ1n) is 4.53. The van der Waals surface area contributed by atoms with E-state index in [4.69, 9.17) is 6.57 Å². The number of nitrogens with zero attached hydrogens (tertiary/aromatic N) is 1. The molecule has 0 saturated heterocycles. The van der Waals surface area contributed by atoms with Gasteiger partial charge >= 0.3 is 12.4 Å². The molecule has 0 radical (unpaired) electrons. The molecule has 1 aromatic carbocycles. The van der Waals surface area contributed by atoms with Crippen molar-refractivity contribution in [2.24, 2.45) is 0 Å². The molecule has 0 aliphatic heterocycles. The summed E-state index contributed by atoms with van der Waals surface area (Å²) in [7, 11) is 0. The van der Waals surface area contributed by atoms with Gasteiger partial charge in [-0.1, -0.05) is 6.07 Å². The Morgan fingerprint density at radius 3 is 2.17 bits per heavy atom. The van der Waals surface area contributed by atoms with Gasteiger partial charge in [-0.2, -0.15) is 26.3 Å². The lowest BCUT2D eigenvalue weighted by molar-refractivity contribution is -0.136. The van der Waals surface area contributed by atoms with Gasteiger partial charge in [-0.25, -0.2) is 4.85 Å². The number of rotatable bonds is 2. The van der Waals surface area contributed by atoms with Crippen LogP contribution in [0.3, 0.4) is 0 Å². The molecule has 1 aromatic rings. The smallest absolute Gasteiger partial charge is 0.377 e. The van der Waals surface area contributed by atoms with Crippen molar-refractivity contribution < 1.29 is 26.3 Å². The van der Waals surface area contributed by atoms with Gasteiger partial charge in [0, 0.05) is 5.69 Å². The molecule has 0 bridgehead atoms. The highest BCUT2D eigenvalue weighted by molar-refractivity contribution is 5.61. The summed E-state index contributed by atoms with van der Waals surface area (Å²) in [6.07, 6.45) is -9.31. The van der Waals surface area contributed by atoms with E-state index in [0.717, 1.165) is 12.1 Å². The summed E-state index contributed by atoms with van der Waals surface area (Å²) in [6.45, 7) is 5.12. The van der Waals surface area contributed by atoms with E-state index in [1.807, 2.05) is 5.32 Å². The lowest BCUT2D eigenvalue weighted by Gasteiger charge is -2.13. The van der Waals surface area contributed by atoms with Crippen molar-refractivity contribution in [3.8, 4) is 0 Å². The zero-order chi connectivity index (χ0) is 14.0. The number of nitrogens with one attached hydrogen (secondary N) is 1. The molecule has 8 heteroatoms. The van der Waals surface area contributed by atoms with Crippen molar-refractivity contribution in [2.75, 3.05) is 11.9 Å². The summed E-state index contributed by atoms with van der Waals surface area (Å²) < 4.78 is 73.2. The molecule has 18 heavy (non-hydrogen) atoms. The Kier molecular flexibility index (Phi) is 3.74. The Bertz CT molecular complexity index is 469. The molecule has 0 atom stereocenters. The van der Waals surface area contributed by atoms with Crippen molar-refractivity contribution in [1.29, 1.82) is 0 Å². The second-order valence-corrected chi connectivity index (χ2v) is 3.31. The molecular weight excluding hydrogens is 262 g/mol. The summed E-state index contributed by atoms with van der Waals surface area (Å²) in [4.78, 5) is 2.67. The molecule has 2 nitrogen and oxygen atoms in total. The molecule has 0 unspecified atom stereocenters. The summed E-state index contributed by atoms with van der Waals surface area (Å²) in [5.74, 6) is 0. The van der Waals surface area contributed by atoms with E-state index in [1.165, 1.54) is 0 Å². The fraction of sp³-hybridized carbons (Fsp3) is 0.300. The van der Waals surface area contributed by atoms with Crippen molar-refractivity contribution in [2.45, 2.75) is 12.4 Å². The van der Waals surface area contributed by atoms with Crippen LogP contribution in [0.1, 0.15) is 5.56 Å². The van der Waals surface area contributed by atoms with E-state index < -0.39 is 30.1 Å². The molecule has 1 N–H and O–H groups in total. The SMILES string of the molecule is [C-]#[N+]c1ccc(NCC(F)(F)F)cc1C(F)(F)F. The first-order valence-corrected chi connectivity index (χ1v) is 4.53. The van der Waals surface area contributed by atoms with Crippen molar-refractivity contribution in [1.82, 2.24) is 0 Å². The summed E-state index contributed by atoms with van der Waals surface area (Å²) in [6, 6.07) is 2.31. The van der Waals surface area contributed by atoms with Gasteiger partial charge in [-0.3, -0.25) is 0 Å². The highest BCUT2D eigenvalue weighted by Gasteiger charge is 2.34. The standard InChI is InChI=1S/C10H6F6N2/c1-17-8-3-2-6(18-5-9(11,12)13)4-7(8)10(14,15)16/h2-4,18H,5H2. The maximum atomic E-state index is 12.5. The Labute approximate surface area is 98.0 Å². The van der Waals surface area contributed by atoms with E-state index in [9.17, 15) is 26.3 Å². The molecule has 0 heterocycles. The Morgan fingerprint density at radius 1 is 1.11 bits per heavy atom. The average Bonchev–Trinajstić information content (AvgIpc) is 2.24. The third-order valence-corrected chi connectivity index (χ3v) is 1.92. The van der Waals surface area contributed by atoms with Crippen LogP contribution in [0, 0.1) is 6.57 Å². The topological polar surface area (TPSA) is 16.4 Å². The fourth-order valence-corrected chi connectivity index (χ4v) is 1.17. The number of anilines is 1. The van der Waals surface area contributed by atoms with Crippen LogP contribution in [0.25, 0.3) is 4.85 Å². The highest BCUT2D eigenvalue weighted by Crippen LogP contribution is 2.38. The Hall–Kier alpha value is -1.91. The van der Waals surface area contributed by atoms with Crippen molar-refractivity contribution >= 4 is 11.4 Å². The third kappa shape index (κ3) is 3.84. The number of alkyl halides is 6. The van der Waals surface area contributed by atoms with E-state index >= 15 is 0 Å². The second-order valence-electron chi connectivity index (χ2n) is 3.31. The number of benzene rings is 1. The summed E-state index contributed by atoms with van der Waals surface area (Å²) in [5.41, 5.74) is -2.25. The molecule has 0 aliphatic rings. The van der Waals surface area contributed by atoms with Crippen LogP contribution >= 0.6 is 0 Å². The molecule has 1 rings (SSSR count). The van der Waals surface area contributed by atoms with Crippen molar-refractivity contribution in [3.63, 3.8) is 0 Å². The first-order chi connectivity index (χ1) is 8.13. The summed E-state index contributed by atoms with van der Waals surface area (Å²) in [5, 5.41) is 1.82. The monoisotopic (exact) mass is 268 g/mol. The molecule has 0 fully saturated rings. The minimum Gasteiger partial charge on any atom is -0.377 e. The van der Waals surface area contributed by atoms with Crippen LogP contribution in [0.5, 0.6) is 0 Å². The number of hydrogen-bond acceptors (Lipinski definition) is 1. The maximum Gasteiger partial charge on any atom is 0.407 e. The van der Waals surface area contributed by atoms with E-state index in [1.54, 1.807) is 0 Å². The Morgan fingerprint density at radius 2 is 1.72 bits per heavy atom. The molecule has 0 aromatic heterocycles. The van der Waals surface area contributed by atoms with Gasteiger partial charge in [0.1, 0.15) is 6.54 Å². The van der Waals surface area contributed by atoms with Crippen LogP contribution in [0.4, 0.5) is 37.7 Å². The molecule has 0 aliphatic carbocycles. The molecule has 0 saturated carbocycles. The van der Waals surface area contributed by atoms with Crippen LogP contribution in [-0.4, -0.2) is 12.7 Å². The zero-order valence-corrected chi connectivity index (χ0v) is 8.65. The molecule has 0 amide bonds. The lowest BCUT2D eigenvalue weighted by Crippen LogP contribution is -2.21. The van der Waals surface area contributed by atoms with Gasteiger partial charge in [0.25, 0.3) is 0 Å². The summed E-state index contributed by atoms with van der Waals surface area (Å²) >= 11 is 0. The molecule has 98 valence electrons. The van der Waals surface area contributed by atoms with E-state index in [2.05, 4.69) is 4.85 Å². The van der Waals surface area contributed by atoms with Gasteiger partial charge in [0.15, 0.2) is 5.69 Å². The van der Waals surface area contributed by atoms with E-state index in [0.29, 0.717) is 6.07 Å². The minimum atomic E-state index is -4.78. The first kappa shape index (κ1) is 14.2. The number of halogens is 6. The normalized spacial score (nSPS) is 12.1. The molecule has 0 spiro atoms. The predicted octanol–water partition coefficient (Wildman–Crippen LogP) is 4.23. The lowest BCUT2D eigenvalue weighted by atomic mass is 10.1. The van der Waals surface area contributed by atoms with Gasteiger partial charge in [0.05, 0.1) is 12.1 Å². The van der Waals surface area contributed by atoms with Crippen LogP contribution < -0.4 is 5.32 Å². The van der Waals surface area contributed by atoms with Gasteiger partial charge in [0.2, 0.25) is 0 Å². The van der Waals surface area contributed by atoms with Crippen LogP contribution in [0.15, 0.2) is 18.2 Å². The fourth-order valence-electron chi connectivity index (χ4n) is 1.17. The van der Waals surface area contributed by atoms with E-state index in [-0.39, 0.29) is 5.69 Å². The zero-order valence-electron chi connectivity index (χ0n) is 8.65. The highest BCUT2D eigenvalue weighted by atomic mass is 19.4. The van der Waals surface area contributed by atoms with Crippen molar-refractivity contribution in [3.05, 3.63) is 35.2 Å². The van der Waals surface area contributed by atoms with Gasteiger partial charge < -0.3 is 5.32 Å².